The van der Waals surface area contributed by atoms with E-state index in [1.54, 1.807) is 0 Å². The van der Waals surface area contributed by atoms with Crippen LogP contribution >= 0.6 is 0 Å². The first-order valence-corrected chi connectivity index (χ1v) is 9.78. The van der Waals surface area contributed by atoms with Gasteiger partial charge >= 0.3 is 6.36 Å². The Balaban J connectivity index is 2.08. The average molecular weight is 433 g/mol. The average Bonchev–Trinajstić information content (AvgIpc) is 2.93. The van der Waals surface area contributed by atoms with Gasteiger partial charge in [-0.15, -0.1) is 13.2 Å². The van der Waals surface area contributed by atoms with Gasteiger partial charge in [-0.2, -0.15) is 0 Å². The molecule has 0 bridgehead atoms. The molecule has 29 heavy (non-hydrogen) atoms. The molecule has 11 heteroatoms. The van der Waals surface area contributed by atoms with Crippen molar-refractivity contribution in [1.29, 1.82) is 0 Å². The fourth-order valence-electron chi connectivity index (χ4n) is 2.78. The van der Waals surface area contributed by atoms with Gasteiger partial charge in [0.05, 0.1) is 5.56 Å². The molecule has 3 aromatic rings. The van der Waals surface area contributed by atoms with Crippen molar-refractivity contribution in [2.75, 3.05) is 6.26 Å². The smallest absolute Gasteiger partial charge is 0.406 e. The number of benzene rings is 2. The third-order valence-electron chi connectivity index (χ3n) is 3.88. The molecule has 0 saturated heterocycles. The quantitative estimate of drug-likeness (QED) is 0.548. The van der Waals surface area contributed by atoms with Crippen LogP contribution < -0.4 is 4.74 Å². The predicted octanol–water partition coefficient (Wildman–Crippen LogP) is 4.90. The number of nitrogens with zero attached hydrogens (tertiary/aromatic N) is 1. The molecule has 154 valence electrons. The number of aromatic nitrogens is 1. The fourth-order valence-corrected chi connectivity index (χ4v) is 3.61. The van der Waals surface area contributed by atoms with Crippen molar-refractivity contribution in [1.82, 2.24) is 5.16 Å². The lowest BCUT2D eigenvalue weighted by Gasteiger charge is -2.10. The lowest BCUT2D eigenvalue weighted by atomic mass is 9.99. The van der Waals surface area contributed by atoms with Crippen molar-refractivity contribution in [3.63, 3.8) is 0 Å². The van der Waals surface area contributed by atoms with Crippen LogP contribution in [0.1, 0.15) is 5.76 Å². The molecule has 0 amide bonds. The number of aryl methyl sites for hydroxylation is 1. The first-order chi connectivity index (χ1) is 13.4. The van der Waals surface area contributed by atoms with Gasteiger partial charge in [0, 0.05) is 11.8 Å². The molecule has 1 heterocycles. The van der Waals surface area contributed by atoms with Crippen LogP contribution in [-0.4, -0.2) is 26.2 Å². The Labute approximate surface area is 161 Å². The lowest BCUT2D eigenvalue weighted by Crippen LogP contribution is -2.16. The first-order valence-electron chi connectivity index (χ1n) is 7.89. The third kappa shape index (κ3) is 4.39. The van der Waals surface area contributed by atoms with Crippen molar-refractivity contribution in [3.05, 3.63) is 53.8 Å². The van der Waals surface area contributed by atoms with E-state index in [1.165, 1.54) is 19.1 Å². The Morgan fingerprint density at radius 1 is 1.00 bits per heavy atom. The number of rotatable bonds is 4. The maximum Gasteiger partial charge on any atom is 0.573 e. The Morgan fingerprint density at radius 3 is 2.03 bits per heavy atom. The van der Waals surface area contributed by atoms with E-state index in [0.29, 0.717) is 11.8 Å². The summed E-state index contributed by atoms with van der Waals surface area (Å²) in [5.74, 6) is -2.87. The molecule has 5 nitrogen and oxygen atoms in total. The molecule has 0 aliphatic heterocycles. The molecule has 0 saturated carbocycles. The van der Waals surface area contributed by atoms with Crippen LogP contribution in [0.15, 0.2) is 45.8 Å². The number of sulfone groups is 1. The number of alkyl halides is 3. The molecular formula is C18H12F5NO4S. The fraction of sp³-hybridized carbons (Fsp3) is 0.167. The predicted molar refractivity (Wildman–Crippen MR) is 91.8 cm³/mol. The molecule has 0 unspecified atom stereocenters. The summed E-state index contributed by atoms with van der Waals surface area (Å²) in [6.07, 6.45) is -4.18. The summed E-state index contributed by atoms with van der Waals surface area (Å²) < 4.78 is 97.4. The standard InChI is InChI=1S/C18H12F5NO4S/c1-9-15(11-7-13(19)17(14(20)8-11)29(2,25)26)16(24-28-9)10-3-5-12(6-4-10)27-18(21,22)23/h3-8H,1-2H3. The summed E-state index contributed by atoms with van der Waals surface area (Å²) in [6, 6.07) is 6.27. The van der Waals surface area contributed by atoms with Crippen molar-refractivity contribution in [2.24, 2.45) is 0 Å². The Bertz CT molecular complexity index is 1140. The number of halogens is 5. The Hall–Kier alpha value is -2.95. The van der Waals surface area contributed by atoms with Crippen LogP contribution in [0.5, 0.6) is 5.75 Å². The van der Waals surface area contributed by atoms with Gasteiger partial charge < -0.3 is 9.26 Å². The molecule has 0 aliphatic carbocycles. The molecule has 0 atom stereocenters. The molecule has 1 aromatic heterocycles. The van der Waals surface area contributed by atoms with Crippen LogP contribution in [-0.2, 0) is 9.84 Å². The molecule has 2 aromatic carbocycles. The number of hydrogen-bond donors (Lipinski definition) is 0. The maximum absolute atomic E-state index is 14.3. The largest absolute Gasteiger partial charge is 0.573 e. The van der Waals surface area contributed by atoms with E-state index in [1.807, 2.05) is 0 Å². The Kier molecular flexibility index (Phi) is 5.11. The molecular weight excluding hydrogens is 421 g/mol. The third-order valence-corrected chi connectivity index (χ3v) is 5.01. The minimum absolute atomic E-state index is 0.0447. The van der Waals surface area contributed by atoms with Crippen molar-refractivity contribution in [3.8, 4) is 28.1 Å². The number of ether oxygens (including phenoxy) is 1. The van der Waals surface area contributed by atoms with Crippen molar-refractivity contribution >= 4 is 9.84 Å². The summed E-state index contributed by atoms with van der Waals surface area (Å²) in [7, 11) is -4.14. The zero-order chi connectivity index (χ0) is 21.6. The normalized spacial score (nSPS) is 12.2. The van der Waals surface area contributed by atoms with E-state index in [0.717, 1.165) is 24.3 Å². The zero-order valence-electron chi connectivity index (χ0n) is 14.8. The Morgan fingerprint density at radius 2 is 1.55 bits per heavy atom. The molecule has 0 spiro atoms. The minimum atomic E-state index is -4.85. The molecule has 0 radical (unpaired) electrons. The zero-order valence-corrected chi connectivity index (χ0v) is 15.7. The second kappa shape index (κ2) is 7.14. The van der Waals surface area contributed by atoms with Gasteiger partial charge in [-0.05, 0) is 48.9 Å². The maximum atomic E-state index is 14.3. The van der Waals surface area contributed by atoms with Gasteiger partial charge in [0.15, 0.2) is 9.84 Å². The van der Waals surface area contributed by atoms with Gasteiger partial charge in [-0.1, -0.05) is 5.16 Å². The van der Waals surface area contributed by atoms with Gasteiger partial charge in [0.2, 0.25) is 0 Å². The van der Waals surface area contributed by atoms with Gasteiger partial charge in [0.25, 0.3) is 0 Å². The van der Waals surface area contributed by atoms with E-state index < -0.39 is 38.5 Å². The van der Waals surface area contributed by atoms with Crippen LogP contribution in [0.25, 0.3) is 22.4 Å². The second-order valence-electron chi connectivity index (χ2n) is 6.08. The van der Waals surface area contributed by atoms with E-state index in [2.05, 4.69) is 9.89 Å². The molecule has 0 N–H and O–H groups in total. The second-order valence-corrected chi connectivity index (χ2v) is 8.03. The highest BCUT2D eigenvalue weighted by molar-refractivity contribution is 7.90. The summed E-state index contributed by atoms with van der Waals surface area (Å²) in [4.78, 5) is -1.06. The summed E-state index contributed by atoms with van der Waals surface area (Å²) in [5.41, 5.74) is 0.510. The van der Waals surface area contributed by atoms with Crippen LogP contribution in [0, 0.1) is 18.6 Å². The molecule has 0 fully saturated rings. The van der Waals surface area contributed by atoms with Gasteiger partial charge in [0.1, 0.15) is 33.7 Å². The van der Waals surface area contributed by atoms with Crippen molar-refractivity contribution < 1.29 is 39.6 Å². The van der Waals surface area contributed by atoms with E-state index in [-0.39, 0.29) is 22.6 Å². The van der Waals surface area contributed by atoms with Gasteiger partial charge in [-0.25, -0.2) is 17.2 Å². The highest BCUT2D eigenvalue weighted by atomic mass is 32.2. The highest BCUT2D eigenvalue weighted by Crippen LogP contribution is 2.37. The summed E-state index contributed by atoms with van der Waals surface area (Å²) >= 11 is 0. The topological polar surface area (TPSA) is 69.4 Å². The van der Waals surface area contributed by atoms with E-state index in [4.69, 9.17) is 4.52 Å². The van der Waals surface area contributed by atoms with Crippen LogP contribution in [0.4, 0.5) is 22.0 Å². The summed E-state index contributed by atoms with van der Waals surface area (Å²) in [5, 5.41) is 3.80. The monoisotopic (exact) mass is 433 g/mol. The van der Waals surface area contributed by atoms with E-state index in [9.17, 15) is 30.4 Å². The lowest BCUT2D eigenvalue weighted by molar-refractivity contribution is -0.274. The summed E-state index contributed by atoms with van der Waals surface area (Å²) in [6.45, 7) is 1.47. The minimum Gasteiger partial charge on any atom is -0.406 e. The highest BCUT2D eigenvalue weighted by Gasteiger charge is 2.31. The van der Waals surface area contributed by atoms with Crippen LogP contribution in [0.3, 0.4) is 0 Å². The van der Waals surface area contributed by atoms with Crippen LogP contribution in [0.2, 0.25) is 0 Å². The van der Waals surface area contributed by atoms with Gasteiger partial charge in [-0.3, -0.25) is 0 Å². The first kappa shape index (κ1) is 20.8. The van der Waals surface area contributed by atoms with E-state index >= 15 is 0 Å². The molecule has 3 rings (SSSR count). The SMILES string of the molecule is Cc1onc(-c2ccc(OC(F)(F)F)cc2)c1-c1cc(F)c(S(C)(=O)=O)c(F)c1. The number of hydrogen-bond acceptors (Lipinski definition) is 5. The molecule has 0 aliphatic rings. The van der Waals surface area contributed by atoms with Crippen molar-refractivity contribution in [2.45, 2.75) is 18.2 Å².